The summed E-state index contributed by atoms with van der Waals surface area (Å²) in [6.07, 6.45) is 1.60. The van der Waals surface area contributed by atoms with Crippen LogP contribution < -0.4 is 0 Å². The number of nitrogens with zero attached hydrogens (tertiary/aromatic N) is 2. The number of rotatable bonds is 5. The molecule has 0 unspecified atom stereocenters. The van der Waals surface area contributed by atoms with E-state index in [0.717, 1.165) is 11.1 Å². The second-order valence-corrected chi connectivity index (χ2v) is 5.38. The number of halogens is 2. The van der Waals surface area contributed by atoms with Gasteiger partial charge in [0.05, 0.1) is 18.5 Å². The first-order valence-electron chi connectivity index (χ1n) is 7.81. The van der Waals surface area contributed by atoms with Gasteiger partial charge in [-0.2, -0.15) is 5.10 Å². The molecule has 0 aliphatic heterocycles. The smallest absolute Gasteiger partial charge is 0.327 e. The maximum Gasteiger partial charge on any atom is 0.327 e. The molecule has 0 saturated carbocycles. The molecule has 0 fully saturated rings. The van der Waals surface area contributed by atoms with Gasteiger partial charge in [-0.3, -0.25) is 9.48 Å². The van der Waals surface area contributed by atoms with E-state index in [1.165, 1.54) is 28.9 Å². The van der Waals surface area contributed by atoms with Gasteiger partial charge in [-0.05, 0) is 48.9 Å². The minimum absolute atomic E-state index is 0.0677. The molecule has 0 amide bonds. The molecule has 0 bridgehead atoms. The van der Waals surface area contributed by atoms with E-state index < -0.39 is 5.97 Å². The summed E-state index contributed by atoms with van der Waals surface area (Å²) in [4.78, 5) is 11.8. The van der Waals surface area contributed by atoms with Crippen LogP contribution in [0.3, 0.4) is 0 Å². The van der Waals surface area contributed by atoms with Crippen LogP contribution in [0.25, 0.3) is 22.4 Å². The van der Waals surface area contributed by atoms with Crippen LogP contribution in [0.5, 0.6) is 0 Å². The van der Waals surface area contributed by atoms with Crippen LogP contribution in [0.1, 0.15) is 6.92 Å². The van der Waals surface area contributed by atoms with Crippen molar-refractivity contribution >= 4 is 5.97 Å². The highest BCUT2D eigenvalue weighted by Crippen LogP contribution is 2.32. The van der Waals surface area contributed by atoms with Crippen LogP contribution in [-0.2, 0) is 16.1 Å². The number of aromatic nitrogens is 2. The second-order valence-electron chi connectivity index (χ2n) is 5.38. The van der Waals surface area contributed by atoms with Gasteiger partial charge in [0.1, 0.15) is 18.2 Å². The van der Waals surface area contributed by atoms with Crippen molar-refractivity contribution in [1.29, 1.82) is 0 Å². The van der Waals surface area contributed by atoms with E-state index in [1.807, 2.05) is 0 Å². The van der Waals surface area contributed by atoms with E-state index in [4.69, 9.17) is 4.74 Å². The van der Waals surface area contributed by atoms with Crippen LogP contribution in [0.2, 0.25) is 0 Å². The first-order valence-corrected chi connectivity index (χ1v) is 7.81. The van der Waals surface area contributed by atoms with Crippen molar-refractivity contribution in [3.8, 4) is 22.4 Å². The molecular weight excluding hydrogens is 326 g/mol. The third-order valence-corrected chi connectivity index (χ3v) is 3.70. The summed E-state index contributed by atoms with van der Waals surface area (Å²) in [5.41, 5.74) is 2.80. The summed E-state index contributed by atoms with van der Waals surface area (Å²) in [7, 11) is 0. The topological polar surface area (TPSA) is 44.1 Å². The Morgan fingerprint density at radius 1 is 1.00 bits per heavy atom. The Morgan fingerprint density at radius 3 is 2.12 bits per heavy atom. The zero-order valence-electron chi connectivity index (χ0n) is 13.6. The number of carbonyl (C=O) groups is 1. The Balaban J connectivity index is 2.09. The highest BCUT2D eigenvalue weighted by molar-refractivity contribution is 5.82. The zero-order valence-corrected chi connectivity index (χ0v) is 13.6. The molecular formula is C19H16F2N2O2. The number of hydrogen-bond donors (Lipinski definition) is 0. The summed E-state index contributed by atoms with van der Waals surface area (Å²) in [5.74, 6) is -1.12. The summed E-state index contributed by atoms with van der Waals surface area (Å²) in [6.45, 7) is 1.93. The number of hydrogen-bond acceptors (Lipinski definition) is 3. The quantitative estimate of drug-likeness (QED) is 0.657. The van der Waals surface area contributed by atoms with E-state index in [2.05, 4.69) is 5.10 Å². The normalized spacial score (nSPS) is 10.7. The zero-order chi connectivity index (χ0) is 17.8. The van der Waals surface area contributed by atoms with Crippen molar-refractivity contribution in [2.75, 3.05) is 6.61 Å². The fourth-order valence-corrected chi connectivity index (χ4v) is 2.59. The molecule has 0 radical (unpaired) electrons. The number of carbonyl (C=O) groups excluding carboxylic acids is 1. The molecule has 4 nitrogen and oxygen atoms in total. The molecule has 6 heteroatoms. The fraction of sp³-hybridized carbons (Fsp3) is 0.158. The summed E-state index contributed by atoms with van der Waals surface area (Å²) in [5, 5.41) is 4.26. The van der Waals surface area contributed by atoms with E-state index in [-0.39, 0.29) is 24.8 Å². The van der Waals surface area contributed by atoms with Gasteiger partial charge in [0.15, 0.2) is 0 Å². The predicted octanol–water partition coefficient (Wildman–Crippen LogP) is 4.06. The maximum atomic E-state index is 13.3. The van der Waals surface area contributed by atoms with Crippen molar-refractivity contribution in [2.45, 2.75) is 13.5 Å². The van der Waals surface area contributed by atoms with E-state index in [0.29, 0.717) is 11.3 Å². The molecule has 0 N–H and O–H groups in total. The van der Waals surface area contributed by atoms with Crippen molar-refractivity contribution in [2.24, 2.45) is 0 Å². The van der Waals surface area contributed by atoms with Crippen LogP contribution in [-0.4, -0.2) is 22.4 Å². The predicted molar refractivity (Wildman–Crippen MR) is 89.6 cm³/mol. The van der Waals surface area contributed by atoms with Crippen molar-refractivity contribution in [3.05, 3.63) is 66.4 Å². The third-order valence-electron chi connectivity index (χ3n) is 3.70. The maximum absolute atomic E-state index is 13.3. The summed E-state index contributed by atoms with van der Waals surface area (Å²) < 4.78 is 33.0. The van der Waals surface area contributed by atoms with E-state index in [1.54, 1.807) is 37.4 Å². The van der Waals surface area contributed by atoms with Crippen LogP contribution in [0.4, 0.5) is 8.78 Å². The van der Waals surface area contributed by atoms with Crippen LogP contribution >= 0.6 is 0 Å². The number of esters is 1. The molecule has 0 aliphatic carbocycles. The van der Waals surface area contributed by atoms with Crippen molar-refractivity contribution in [1.82, 2.24) is 9.78 Å². The second kappa shape index (κ2) is 7.25. The Bertz CT molecular complexity index is 871. The first kappa shape index (κ1) is 16.8. The molecule has 0 spiro atoms. The largest absolute Gasteiger partial charge is 0.465 e. The lowest BCUT2D eigenvalue weighted by molar-refractivity contribution is -0.144. The summed E-state index contributed by atoms with van der Waals surface area (Å²) >= 11 is 0. The monoisotopic (exact) mass is 342 g/mol. The number of benzene rings is 2. The average molecular weight is 342 g/mol. The molecule has 0 atom stereocenters. The molecule has 3 rings (SSSR count). The first-order chi connectivity index (χ1) is 12.1. The minimum atomic E-state index is -0.417. The van der Waals surface area contributed by atoms with Gasteiger partial charge in [-0.25, -0.2) is 8.78 Å². The van der Waals surface area contributed by atoms with Gasteiger partial charge < -0.3 is 4.74 Å². The van der Waals surface area contributed by atoms with Crippen molar-refractivity contribution < 1.29 is 18.3 Å². The van der Waals surface area contributed by atoms with E-state index >= 15 is 0 Å². The van der Waals surface area contributed by atoms with Crippen LogP contribution in [0, 0.1) is 11.6 Å². The molecule has 0 saturated heterocycles. The Morgan fingerprint density at radius 2 is 1.56 bits per heavy atom. The van der Waals surface area contributed by atoms with Gasteiger partial charge in [-0.1, -0.05) is 12.1 Å². The highest BCUT2D eigenvalue weighted by Gasteiger charge is 2.17. The molecule has 0 aliphatic rings. The number of ether oxygens (including phenoxy) is 1. The van der Waals surface area contributed by atoms with Crippen molar-refractivity contribution in [3.63, 3.8) is 0 Å². The Labute approximate surface area is 143 Å². The Hall–Kier alpha value is -3.02. The lowest BCUT2D eigenvalue weighted by atomic mass is 10.0. The average Bonchev–Trinajstić information content (AvgIpc) is 3.00. The van der Waals surface area contributed by atoms with Crippen LogP contribution in [0.15, 0.2) is 54.7 Å². The molecule has 2 aromatic carbocycles. The SMILES string of the molecule is CCOC(=O)Cn1ncc(-c2ccc(F)cc2)c1-c1ccc(F)cc1. The lowest BCUT2D eigenvalue weighted by Crippen LogP contribution is -2.15. The standard InChI is InChI=1S/C19H16F2N2O2/c1-2-25-18(24)12-23-19(14-5-9-16(21)10-6-14)17(11-22-23)13-3-7-15(20)8-4-13/h3-11H,2,12H2,1H3. The van der Waals surface area contributed by atoms with Gasteiger partial charge >= 0.3 is 5.97 Å². The van der Waals surface area contributed by atoms with Gasteiger partial charge in [0, 0.05) is 11.1 Å². The molecule has 1 heterocycles. The van der Waals surface area contributed by atoms with Gasteiger partial charge in [0.25, 0.3) is 0 Å². The third kappa shape index (κ3) is 3.74. The Kier molecular flexibility index (Phi) is 4.88. The molecule has 1 aromatic heterocycles. The lowest BCUT2D eigenvalue weighted by Gasteiger charge is -2.10. The summed E-state index contributed by atoms with van der Waals surface area (Å²) in [6, 6.07) is 11.9. The highest BCUT2D eigenvalue weighted by atomic mass is 19.1. The van der Waals surface area contributed by atoms with Gasteiger partial charge in [0.2, 0.25) is 0 Å². The van der Waals surface area contributed by atoms with E-state index in [9.17, 15) is 13.6 Å². The molecule has 25 heavy (non-hydrogen) atoms. The minimum Gasteiger partial charge on any atom is -0.465 e. The van der Waals surface area contributed by atoms with Gasteiger partial charge in [-0.15, -0.1) is 0 Å². The molecule has 128 valence electrons. The molecule has 3 aromatic rings. The fourth-order valence-electron chi connectivity index (χ4n) is 2.59.